The molecule has 3 aliphatic rings. The molecule has 2 aliphatic heterocycles. The van der Waals surface area contributed by atoms with Crippen molar-refractivity contribution in [3.05, 3.63) is 53.6 Å². The standard InChI is InChI=1S/C24H26N2O5/c27-23(25-14-16-1-8-21-22(13-16)30-15-29-21)17-4-6-19(7-5-17)31-20-9-11-26(12-10-20)24(28)18-2-3-18/h1,4-8,13,18,20H,2-3,9-12,14-15H2,(H,25,27). The number of fused-ring (bicyclic) bond motifs is 1. The Kier molecular flexibility index (Phi) is 5.40. The molecule has 2 amide bonds. The molecule has 7 heteroatoms. The summed E-state index contributed by atoms with van der Waals surface area (Å²) in [6.45, 7) is 2.17. The molecule has 1 N–H and O–H groups in total. The molecule has 2 fully saturated rings. The van der Waals surface area contributed by atoms with E-state index in [0.717, 1.165) is 55.8 Å². The van der Waals surface area contributed by atoms with E-state index in [1.165, 1.54) is 0 Å². The van der Waals surface area contributed by atoms with Crippen molar-refractivity contribution >= 4 is 11.8 Å². The molecule has 2 aromatic carbocycles. The number of nitrogens with one attached hydrogen (secondary N) is 1. The second-order valence-electron chi connectivity index (χ2n) is 8.31. The monoisotopic (exact) mass is 422 g/mol. The Morgan fingerprint density at radius 2 is 1.71 bits per heavy atom. The van der Waals surface area contributed by atoms with Gasteiger partial charge in [-0.25, -0.2) is 0 Å². The largest absolute Gasteiger partial charge is 0.490 e. The minimum absolute atomic E-state index is 0.105. The Morgan fingerprint density at radius 1 is 0.968 bits per heavy atom. The molecule has 0 bridgehead atoms. The lowest BCUT2D eigenvalue weighted by molar-refractivity contribution is -0.134. The number of ether oxygens (including phenoxy) is 3. The van der Waals surface area contributed by atoms with Crippen LogP contribution in [-0.4, -0.2) is 42.7 Å². The maximum atomic E-state index is 12.5. The molecular formula is C24H26N2O5. The number of hydrogen-bond donors (Lipinski definition) is 1. The highest BCUT2D eigenvalue weighted by Gasteiger charge is 2.35. The number of rotatable bonds is 6. The van der Waals surface area contributed by atoms with Crippen molar-refractivity contribution in [3.63, 3.8) is 0 Å². The molecule has 2 heterocycles. The van der Waals surface area contributed by atoms with E-state index in [1.807, 2.05) is 35.2 Å². The number of amides is 2. The van der Waals surface area contributed by atoms with Crippen LogP contribution >= 0.6 is 0 Å². The van der Waals surface area contributed by atoms with Gasteiger partial charge in [0.25, 0.3) is 5.91 Å². The predicted octanol–water partition coefficient (Wildman–Crippen LogP) is 3.13. The first-order chi connectivity index (χ1) is 15.2. The fourth-order valence-corrected chi connectivity index (χ4v) is 4.00. The zero-order valence-corrected chi connectivity index (χ0v) is 17.3. The first-order valence-electron chi connectivity index (χ1n) is 10.9. The summed E-state index contributed by atoms with van der Waals surface area (Å²) < 4.78 is 16.7. The molecule has 2 aromatic rings. The van der Waals surface area contributed by atoms with Gasteiger partial charge in [0.1, 0.15) is 11.9 Å². The van der Waals surface area contributed by atoms with Crippen LogP contribution in [0.1, 0.15) is 41.6 Å². The molecule has 31 heavy (non-hydrogen) atoms. The Balaban J connectivity index is 1.09. The van der Waals surface area contributed by atoms with Crippen molar-refractivity contribution in [2.45, 2.75) is 38.3 Å². The number of carbonyl (C=O) groups excluding carboxylic acids is 2. The lowest BCUT2D eigenvalue weighted by Crippen LogP contribution is -2.42. The molecule has 162 valence electrons. The van der Waals surface area contributed by atoms with E-state index in [4.69, 9.17) is 14.2 Å². The molecule has 1 saturated heterocycles. The summed E-state index contributed by atoms with van der Waals surface area (Å²) in [6, 6.07) is 12.8. The first kappa shape index (κ1) is 19.7. The van der Waals surface area contributed by atoms with Crippen molar-refractivity contribution in [1.29, 1.82) is 0 Å². The highest BCUT2D eigenvalue weighted by atomic mass is 16.7. The van der Waals surface area contributed by atoms with Gasteiger partial charge in [0.05, 0.1) is 0 Å². The molecule has 0 spiro atoms. The van der Waals surface area contributed by atoms with E-state index >= 15 is 0 Å². The Labute approximate surface area is 181 Å². The van der Waals surface area contributed by atoms with Gasteiger partial charge in [0, 0.05) is 44.0 Å². The lowest BCUT2D eigenvalue weighted by atomic mass is 10.1. The molecule has 0 radical (unpaired) electrons. The summed E-state index contributed by atoms with van der Waals surface area (Å²) >= 11 is 0. The Bertz CT molecular complexity index is 962. The van der Waals surface area contributed by atoms with E-state index in [-0.39, 0.29) is 24.7 Å². The Morgan fingerprint density at radius 3 is 2.45 bits per heavy atom. The van der Waals surface area contributed by atoms with Crippen LogP contribution < -0.4 is 19.5 Å². The van der Waals surface area contributed by atoms with E-state index in [2.05, 4.69) is 5.32 Å². The zero-order valence-electron chi connectivity index (χ0n) is 17.3. The zero-order chi connectivity index (χ0) is 21.2. The van der Waals surface area contributed by atoms with Gasteiger partial charge in [-0.15, -0.1) is 0 Å². The van der Waals surface area contributed by atoms with Crippen LogP contribution in [0.2, 0.25) is 0 Å². The average molecular weight is 422 g/mol. The normalized spacial score (nSPS) is 18.0. The van der Waals surface area contributed by atoms with Crippen molar-refractivity contribution in [3.8, 4) is 17.2 Å². The van der Waals surface area contributed by atoms with Crippen LogP contribution in [-0.2, 0) is 11.3 Å². The van der Waals surface area contributed by atoms with Crippen LogP contribution in [0.25, 0.3) is 0 Å². The molecule has 0 unspecified atom stereocenters. The predicted molar refractivity (Wildman–Crippen MR) is 113 cm³/mol. The van der Waals surface area contributed by atoms with E-state index in [0.29, 0.717) is 23.8 Å². The van der Waals surface area contributed by atoms with Crippen LogP contribution in [0, 0.1) is 5.92 Å². The van der Waals surface area contributed by atoms with Crippen LogP contribution in [0.15, 0.2) is 42.5 Å². The topological polar surface area (TPSA) is 77.1 Å². The van der Waals surface area contributed by atoms with Gasteiger partial charge >= 0.3 is 0 Å². The second-order valence-corrected chi connectivity index (χ2v) is 8.31. The maximum Gasteiger partial charge on any atom is 0.251 e. The fourth-order valence-electron chi connectivity index (χ4n) is 4.00. The fraction of sp³-hybridized carbons (Fsp3) is 0.417. The molecule has 5 rings (SSSR count). The minimum Gasteiger partial charge on any atom is -0.490 e. The van der Waals surface area contributed by atoms with Crippen molar-refractivity contribution in [2.24, 2.45) is 5.92 Å². The summed E-state index contributed by atoms with van der Waals surface area (Å²) in [4.78, 5) is 26.6. The summed E-state index contributed by atoms with van der Waals surface area (Å²) in [5.74, 6) is 2.63. The third-order valence-electron chi connectivity index (χ3n) is 5.99. The highest BCUT2D eigenvalue weighted by molar-refractivity contribution is 5.94. The summed E-state index contributed by atoms with van der Waals surface area (Å²) in [6.07, 6.45) is 3.89. The average Bonchev–Trinajstić information content (AvgIpc) is 3.55. The van der Waals surface area contributed by atoms with Gasteiger partial charge in [-0.05, 0) is 54.8 Å². The third-order valence-corrected chi connectivity index (χ3v) is 5.99. The molecular weight excluding hydrogens is 396 g/mol. The molecule has 1 saturated carbocycles. The number of piperidine rings is 1. The van der Waals surface area contributed by atoms with E-state index < -0.39 is 0 Å². The Hall–Kier alpha value is -3.22. The van der Waals surface area contributed by atoms with Crippen molar-refractivity contribution in [1.82, 2.24) is 10.2 Å². The van der Waals surface area contributed by atoms with Crippen LogP contribution in [0.5, 0.6) is 17.2 Å². The maximum absolute atomic E-state index is 12.5. The minimum atomic E-state index is -0.142. The van der Waals surface area contributed by atoms with Crippen molar-refractivity contribution in [2.75, 3.05) is 19.9 Å². The number of benzene rings is 2. The second kappa shape index (κ2) is 8.49. The summed E-state index contributed by atoms with van der Waals surface area (Å²) in [5, 5.41) is 2.92. The number of nitrogens with zero attached hydrogens (tertiary/aromatic N) is 1. The number of carbonyl (C=O) groups is 2. The van der Waals surface area contributed by atoms with Gasteiger partial charge in [0.15, 0.2) is 11.5 Å². The SMILES string of the molecule is O=C(NCc1ccc2c(c1)OCO2)c1ccc(OC2CCN(C(=O)C3CC3)CC2)cc1. The highest BCUT2D eigenvalue weighted by Crippen LogP contribution is 2.33. The third kappa shape index (κ3) is 4.60. The van der Waals surface area contributed by atoms with Crippen LogP contribution in [0.3, 0.4) is 0 Å². The van der Waals surface area contributed by atoms with Crippen molar-refractivity contribution < 1.29 is 23.8 Å². The number of hydrogen-bond acceptors (Lipinski definition) is 5. The van der Waals surface area contributed by atoms with Gasteiger partial charge in [0.2, 0.25) is 12.7 Å². The van der Waals surface area contributed by atoms with E-state index in [9.17, 15) is 9.59 Å². The first-order valence-corrected chi connectivity index (χ1v) is 10.9. The van der Waals surface area contributed by atoms with Gasteiger partial charge < -0.3 is 24.4 Å². The quantitative estimate of drug-likeness (QED) is 0.774. The number of likely N-dealkylation sites (tertiary alicyclic amines) is 1. The molecule has 0 aromatic heterocycles. The van der Waals surface area contributed by atoms with Gasteiger partial charge in [-0.1, -0.05) is 6.07 Å². The van der Waals surface area contributed by atoms with E-state index in [1.54, 1.807) is 12.1 Å². The summed E-state index contributed by atoms with van der Waals surface area (Å²) in [7, 11) is 0. The molecule has 0 atom stereocenters. The van der Waals surface area contributed by atoms with Gasteiger partial charge in [-0.2, -0.15) is 0 Å². The summed E-state index contributed by atoms with van der Waals surface area (Å²) in [5.41, 5.74) is 1.53. The smallest absolute Gasteiger partial charge is 0.251 e. The van der Waals surface area contributed by atoms with Gasteiger partial charge in [-0.3, -0.25) is 9.59 Å². The molecule has 7 nitrogen and oxygen atoms in total. The lowest BCUT2D eigenvalue weighted by Gasteiger charge is -2.32. The molecule has 1 aliphatic carbocycles. The van der Waals surface area contributed by atoms with Crippen LogP contribution in [0.4, 0.5) is 0 Å².